The first-order chi connectivity index (χ1) is 9.65. The molecule has 3 rings (SSSR count). The Morgan fingerprint density at radius 1 is 1.15 bits per heavy atom. The number of aryl methyl sites for hydroxylation is 2. The van der Waals surface area contributed by atoms with E-state index in [9.17, 15) is 9.50 Å². The lowest BCUT2D eigenvalue weighted by atomic mass is 9.98. The molecule has 1 aliphatic rings. The molecule has 1 atom stereocenters. The number of halogens is 2. The smallest absolute Gasteiger partial charge is 0.130 e. The largest absolute Gasteiger partial charge is 0.388 e. The standard InChI is InChI=1S/C17H16ClFO/c18-14-5-2-6-15(19)17(14)16(20)10-11-7-8-12-3-1-4-13(12)9-11/h2,5-9,16,20H,1,3-4,10H2. The molecule has 0 fully saturated rings. The molecule has 1 unspecified atom stereocenters. The predicted molar refractivity (Wildman–Crippen MR) is 78.5 cm³/mol. The van der Waals surface area contributed by atoms with Crippen LogP contribution in [0.2, 0.25) is 5.02 Å². The van der Waals surface area contributed by atoms with Crippen molar-refractivity contribution in [2.24, 2.45) is 0 Å². The molecule has 0 spiro atoms. The second kappa shape index (κ2) is 5.55. The van der Waals surface area contributed by atoms with Crippen LogP contribution in [0.15, 0.2) is 36.4 Å². The fourth-order valence-electron chi connectivity index (χ4n) is 2.91. The van der Waals surface area contributed by atoms with Gasteiger partial charge < -0.3 is 5.11 Å². The van der Waals surface area contributed by atoms with Gasteiger partial charge in [-0.15, -0.1) is 0 Å². The van der Waals surface area contributed by atoms with Gasteiger partial charge in [0.05, 0.1) is 6.10 Å². The maximum atomic E-state index is 13.8. The summed E-state index contributed by atoms with van der Waals surface area (Å²) in [6.07, 6.45) is 2.90. The Balaban J connectivity index is 1.84. The van der Waals surface area contributed by atoms with E-state index in [2.05, 4.69) is 12.1 Å². The van der Waals surface area contributed by atoms with Crippen LogP contribution in [0.3, 0.4) is 0 Å². The second-order valence-corrected chi connectivity index (χ2v) is 5.72. The number of hydrogen-bond acceptors (Lipinski definition) is 1. The fourth-order valence-corrected chi connectivity index (χ4v) is 3.20. The minimum absolute atomic E-state index is 0.190. The van der Waals surface area contributed by atoms with Crippen molar-refractivity contribution < 1.29 is 9.50 Å². The van der Waals surface area contributed by atoms with Gasteiger partial charge in [-0.1, -0.05) is 35.9 Å². The van der Waals surface area contributed by atoms with Crippen LogP contribution in [-0.2, 0) is 19.3 Å². The van der Waals surface area contributed by atoms with Crippen LogP contribution in [0.5, 0.6) is 0 Å². The summed E-state index contributed by atoms with van der Waals surface area (Å²) in [5.41, 5.74) is 3.97. The summed E-state index contributed by atoms with van der Waals surface area (Å²) in [6.45, 7) is 0. The summed E-state index contributed by atoms with van der Waals surface area (Å²) in [5, 5.41) is 10.5. The zero-order chi connectivity index (χ0) is 14.1. The van der Waals surface area contributed by atoms with Crippen molar-refractivity contribution in [3.8, 4) is 0 Å². The molecule has 1 N–H and O–H groups in total. The molecule has 0 aliphatic heterocycles. The van der Waals surface area contributed by atoms with Crippen LogP contribution in [0.1, 0.15) is 34.8 Å². The Morgan fingerprint density at radius 2 is 1.95 bits per heavy atom. The van der Waals surface area contributed by atoms with E-state index in [0.717, 1.165) is 18.4 Å². The molecular weight excluding hydrogens is 275 g/mol. The first-order valence-electron chi connectivity index (χ1n) is 6.88. The molecule has 1 aliphatic carbocycles. The average Bonchev–Trinajstić information content (AvgIpc) is 2.85. The zero-order valence-corrected chi connectivity index (χ0v) is 11.8. The monoisotopic (exact) mass is 290 g/mol. The van der Waals surface area contributed by atoms with Crippen LogP contribution in [0.25, 0.3) is 0 Å². The summed E-state index contributed by atoms with van der Waals surface area (Å²) < 4.78 is 13.8. The highest BCUT2D eigenvalue weighted by Crippen LogP contribution is 2.30. The normalized spacial score (nSPS) is 15.2. The van der Waals surface area contributed by atoms with Crippen molar-refractivity contribution >= 4 is 11.6 Å². The van der Waals surface area contributed by atoms with Crippen LogP contribution in [0, 0.1) is 5.82 Å². The Hall–Kier alpha value is -1.38. The number of rotatable bonds is 3. The van der Waals surface area contributed by atoms with Gasteiger partial charge in [0.2, 0.25) is 0 Å². The van der Waals surface area contributed by atoms with Gasteiger partial charge in [-0.2, -0.15) is 0 Å². The summed E-state index contributed by atoms with van der Waals surface area (Å²) in [7, 11) is 0. The van der Waals surface area contributed by atoms with Crippen LogP contribution < -0.4 is 0 Å². The molecule has 0 bridgehead atoms. The molecule has 2 aromatic rings. The lowest BCUT2D eigenvalue weighted by Crippen LogP contribution is -2.05. The van der Waals surface area contributed by atoms with Crippen molar-refractivity contribution in [3.05, 3.63) is 69.5 Å². The van der Waals surface area contributed by atoms with Gasteiger partial charge in [-0.25, -0.2) is 4.39 Å². The SMILES string of the molecule is OC(Cc1ccc2c(c1)CCC2)c1c(F)cccc1Cl. The summed E-state index contributed by atoms with van der Waals surface area (Å²) >= 11 is 5.98. The third-order valence-electron chi connectivity index (χ3n) is 3.92. The van der Waals surface area contributed by atoms with Crippen molar-refractivity contribution in [3.63, 3.8) is 0 Å². The summed E-state index contributed by atoms with van der Waals surface area (Å²) in [5.74, 6) is -0.453. The molecule has 0 saturated carbocycles. The summed E-state index contributed by atoms with van der Waals surface area (Å²) in [6, 6.07) is 10.7. The Morgan fingerprint density at radius 3 is 2.75 bits per heavy atom. The highest BCUT2D eigenvalue weighted by molar-refractivity contribution is 6.31. The van der Waals surface area contributed by atoms with Crippen molar-refractivity contribution in [1.82, 2.24) is 0 Å². The second-order valence-electron chi connectivity index (χ2n) is 5.31. The first kappa shape index (κ1) is 13.6. The molecule has 0 saturated heterocycles. The van der Waals surface area contributed by atoms with E-state index in [1.54, 1.807) is 12.1 Å². The predicted octanol–water partition coefficient (Wildman–Crippen LogP) is 4.24. The van der Waals surface area contributed by atoms with Crippen LogP contribution >= 0.6 is 11.6 Å². The fraction of sp³-hybridized carbons (Fsp3) is 0.294. The quantitative estimate of drug-likeness (QED) is 0.896. The van der Waals surface area contributed by atoms with Crippen LogP contribution in [0.4, 0.5) is 4.39 Å². The topological polar surface area (TPSA) is 20.2 Å². The minimum atomic E-state index is -0.914. The Labute approximate surface area is 123 Å². The number of aliphatic hydroxyl groups is 1. The highest BCUT2D eigenvalue weighted by Gasteiger charge is 2.18. The molecule has 20 heavy (non-hydrogen) atoms. The lowest BCUT2D eigenvalue weighted by molar-refractivity contribution is 0.173. The molecule has 2 aromatic carbocycles. The third kappa shape index (κ3) is 2.58. The van der Waals surface area contributed by atoms with E-state index in [1.807, 2.05) is 6.07 Å². The van der Waals surface area contributed by atoms with E-state index < -0.39 is 11.9 Å². The number of hydrogen-bond donors (Lipinski definition) is 1. The maximum absolute atomic E-state index is 13.8. The molecule has 0 heterocycles. The highest BCUT2D eigenvalue weighted by atomic mass is 35.5. The Bertz CT molecular complexity index is 619. The maximum Gasteiger partial charge on any atom is 0.130 e. The van der Waals surface area contributed by atoms with Gasteiger partial charge in [0.1, 0.15) is 5.82 Å². The number of fused-ring (bicyclic) bond motifs is 1. The number of benzene rings is 2. The lowest BCUT2D eigenvalue weighted by Gasteiger charge is -2.14. The van der Waals surface area contributed by atoms with Gasteiger partial charge in [0.15, 0.2) is 0 Å². The van der Waals surface area contributed by atoms with E-state index >= 15 is 0 Å². The molecule has 1 nitrogen and oxygen atoms in total. The molecule has 0 aromatic heterocycles. The van der Waals surface area contributed by atoms with Crippen molar-refractivity contribution in [2.45, 2.75) is 31.8 Å². The van der Waals surface area contributed by atoms with Gasteiger partial charge in [-0.3, -0.25) is 0 Å². The summed E-state index contributed by atoms with van der Waals surface area (Å²) in [4.78, 5) is 0. The zero-order valence-electron chi connectivity index (χ0n) is 11.1. The van der Waals surface area contributed by atoms with Gasteiger partial charge in [0.25, 0.3) is 0 Å². The van der Waals surface area contributed by atoms with E-state index in [-0.39, 0.29) is 10.6 Å². The average molecular weight is 291 g/mol. The van der Waals surface area contributed by atoms with E-state index in [0.29, 0.717) is 6.42 Å². The van der Waals surface area contributed by atoms with Crippen LogP contribution in [-0.4, -0.2) is 5.11 Å². The first-order valence-corrected chi connectivity index (χ1v) is 7.25. The van der Waals surface area contributed by atoms with Gasteiger partial charge >= 0.3 is 0 Å². The molecular formula is C17H16ClFO. The van der Waals surface area contributed by atoms with Gasteiger partial charge in [0, 0.05) is 17.0 Å². The van der Waals surface area contributed by atoms with Gasteiger partial charge in [-0.05, 0) is 48.1 Å². The van der Waals surface area contributed by atoms with E-state index in [4.69, 9.17) is 11.6 Å². The van der Waals surface area contributed by atoms with E-state index in [1.165, 1.54) is 23.6 Å². The molecule has 0 amide bonds. The van der Waals surface area contributed by atoms with Crippen molar-refractivity contribution in [1.29, 1.82) is 0 Å². The molecule has 0 radical (unpaired) electrons. The molecule has 104 valence electrons. The van der Waals surface area contributed by atoms with Crippen molar-refractivity contribution in [2.75, 3.05) is 0 Å². The third-order valence-corrected chi connectivity index (χ3v) is 4.25. The molecule has 3 heteroatoms. The minimum Gasteiger partial charge on any atom is -0.388 e. The number of aliphatic hydroxyl groups excluding tert-OH is 1. The Kier molecular flexibility index (Phi) is 3.77.